The van der Waals surface area contributed by atoms with E-state index < -0.39 is 21.7 Å². The smallest absolute Gasteiger partial charge is 0.280 e. The highest BCUT2D eigenvalue weighted by atomic mass is 32.2. The zero-order chi connectivity index (χ0) is 22.6. The van der Waals surface area contributed by atoms with Crippen LogP contribution < -0.4 is 21.5 Å². The minimum Gasteiger partial charge on any atom is -0.456 e. The summed E-state index contributed by atoms with van der Waals surface area (Å²) in [5, 5.41) is 3.18. The van der Waals surface area contributed by atoms with Crippen molar-refractivity contribution in [3.8, 4) is 11.5 Å². The lowest BCUT2D eigenvalue weighted by Crippen LogP contribution is -2.24. The number of sulfone groups is 1. The van der Waals surface area contributed by atoms with Gasteiger partial charge in [0.15, 0.2) is 15.8 Å². The van der Waals surface area contributed by atoms with Crippen molar-refractivity contribution in [2.45, 2.75) is 11.3 Å². The monoisotopic (exact) mass is 459 g/mol. The predicted molar refractivity (Wildman–Crippen MR) is 123 cm³/mol. The number of guanidine groups is 1. The largest absolute Gasteiger partial charge is 0.456 e. The summed E-state index contributed by atoms with van der Waals surface area (Å²) in [6, 6.07) is 10.9. The predicted octanol–water partition coefficient (Wildman–Crippen LogP) is 1.41. The maximum atomic E-state index is 12.2. The molecule has 3 rings (SSSR count). The van der Waals surface area contributed by atoms with Crippen LogP contribution in [0.5, 0.6) is 11.5 Å². The average molecular weight is 460 g/mol. The molecule has 0 aliphatic carbocycles. The van der Waals surface area contributed by atoms with Crippen LogP contribution in [0.4, 0.5) is 0 Å². The van der Waals surface area contributed by atoms with Gasteiger partial charge in [-0.25, -0.2) is 8.42 Å². The van der Waals surface area contributed by atoms with Crippen molar-refractivity contribution in [3.63, 3.8) is 0 Å². The second kappa shape index (κ2) is 9.23. The molecule has 1 heterocycles. The third kappa shape index (κ3) is 5.86. The Bertz CT molecular complexity index is 1180. The zero-order valence-corrected chi connectivity index (χ0v) is 18.3. The molecule has 2 aromatic rings. The summed E-state index contributed by atoms with van der Waals surface area (Å²) in [4.78, 5) is 20.4. The molecule has 0 aromatic heterocycles. The summed E-state index contributed by atoms with van der Waals surface area (Å²) in [5.74, 6) is 0.189. The lowest BCUT2D eigenvalue weighted by molar-refractivity contribution is 0.100. The number of hydrogen-bond donors (Lipinski definition) is 3. The molecular formula is C20H21N5O4S2. The van der Waals surface area contributed by atoms with Crippen molar-refractivity contribution >= 4 is 44.6 Å². The number of benzene rings is 2. The van der Waals surface area contributed by atoms with Gasteiger partial charge in [0.25, 0.3) is 5.91 Å². The van der Waals surface area contributed by atoms with Crippen LogP contribution in [0.2, 0.25) is 0 Å². The highest BCUT2D eigenvalue weighted by Crippen LogP contribution is 2.30. The standard InChI is InChI=1S/C20H21N5O4S2/c1-31(27,28)17-10-13(19(26)25-20(21)22)4-7-15(17)29-14-5-2-12(3-6-14)16(30)11-18-23-8-9-24-18/h2-7,10H,8-9,11H2,1H3,(H,23,24)(H4,21,22,25,26). The SMILES string of the molecule is CS(=O)(=O)c1cc(C(=O)N=C(N)N)ccc1Oc1ccc(C(=S)CC2=NCCN2)cc1. The van der Waals surface area contributed by atoms with Crippen molar-refractivity contribution in [2.24, 2.45) is 21.5 Å². The van der Waals surface area contributed by atoms with Crippen LogP contribution in [0.15, 0.2) is 57.3 Å². The molecular weight excluding hydrogens is 438 g/mol. The normalized spacial score (nSPS) is 13.1. The van der Waals surface area contributed by atoms with Gasteiger partial charge < -0.3 is 21.5 Å². The van der Waals surface area contributed by atoms with Crippen LogP contribution in [-0.2, 0) is 9.84 Å². The van der Waals surface area contributed by atoms with Gasteiger partial charge in [-0.3, -0.25) is 9.79 Å². The first-order valence-electron chi connectivity index (χ1n) is 9.20. The summed E-state index contributed by atoms with van der Waals surface area (Å²) in [6.07, 6.45) is 1.57. The van der Waals surface area contributed by atoms with E-state index in [4.69, 9.17) is 28.4 Å². The number of carbonyl (C=O) groups excluding carboxylic acids is 1. The number of nitrogens with one attached hydrogen (secondary N) is 1. The van der Waals surface area contributed by atoms with Crippen LogP contribution in [0.25, 0.3) is 0 Å². The minimum atomic E-state index is -3.70. The van der Waals surface area contributed by atoms with Gasteiger partial charge in [-0.05, 0) is 35.9 Å². The van der Waals surface area contributed by atoms with Crippen molar-refractivity contribution in [3.05, 3.63) is 53.6 Å². The van der Waals surface area contributed by atoms with Crippen LogP contribution in [0.1, 0.15) is 22.3 Å². The summed E-state index contributed by atoms with van der Waals surface area (Å²) in [7, 11) is -3.70. The molecule has 0 saturated heterocycles. The van der Waals surface area contributed by atoms with Gasteiger partial charge in [0, 0.05) is 29.6 Å². The van der Waals surface area contributed by atoms with Crippen LogP contribution in [0, 0.1) is 0 Å². The van der Waals surface area contributed by atoms with Crippen molar-refractivity contribution in [1.29, 1.82) is 0 Å². The van der Waals surface area contributed by atoms with E-state index in [0.717, 1.165) is 35.6 Å². The molecule has 11 heteroatoms. The van der Waals surface area contributed by atoms with E-state index in [2.05, 4.69) is 15.3 Å². The number of amidine groups is 1. The molecule has 0 atom stereocenters. The molecule has 0 unspecified atom stereocenters. The summed E-state index contributed by atoms with van der Waals surface area (Å²) in [5.41, 5.74) is 11.3. The van der Waals surface area contributed by atoms with Gasteiger partial charge in [-0.2, -0.15) is 4.99 Å². The van der Waals surface area contributed by atoms with Crippen LogP contribution in [0.3, 0.4) is 0 Å². The fourth-order valence-electron chi connectivity index (χ4n) is 2.85. The number of nitrogens with zero attached hydrogens (tertiary/aromatic N) is 2. The van der Waals surface area contributed by atoms with E-state index in [0.29, 0.717) is 12.2 Å². The van der Waals surface area contributed by atoms with E-state index in [1.54, 1.807) is 24.3 Å². The molecule has 1 aliphatic heterocycles. The van der Waals surface area contributed by atoms with E-state index in [1.807, 2.05) is 0 Å². The van der Waals surface area contributed by atoms with Crippen LogP contribution >= 0.6 is 12.2 Å². The molecule has 9 nitrogen and oxygen atoms in total. The number of amides is 1. The second-order valence-electron chi connectivity index (χ2n) is 6.76. The molecule has 0 fully saturated rings. The highest BCUT2D eigenvalue weighted by molar-refractivity contribution is 7.90. The summed E-state index contributed by atoms with van der Waals surface area (Å²) >= 11 is 5.47. The molecule has 31 heavy (non-hydrogen) atoms. The van der Waals surface area contributed by atoms with Gasteiger partial charge in [-0.1, -0.05) is 24.4 Å². The average Bonchev–Trinajstić information content (AvgIpc) is 3.20. The van der Waals surface area contributed by atoms with Gasteiger partial charge in [0.05, 0.1) is 6.54 Å². The topological polar surface area (TPSA) is 149 Å². The van der Waals surface area contributed by atoms with E-state index in [9.17, 15) is 13.2 Å². The fourth-order valence-corrected chi connectivity index (χ4v) is 3.94. The van der Waals surface area contributed by atoms with Gasteiger partial charge in [0.2, 0.25) is 0 Å². The Labute approximate surface area is 185 Å². The molecule has 1 amide bonds. The van der Waals surface area contributed by atoms with Crippen molar-refractivity contribution in [1.82, 2.24) is 5.32 Å². The Morgan fingerprint density at radius 1 is 1.19 bits per heavy atom. The van der Waals surface area contributed by atoms with Crippen LogP contribution in [-0.4, -0.2) is 50.3 Å². The van der Waals surface area contributed by atoms with E-state index in [1.165, 1.54) is 18.2 Å². The molecule has 5 N–H and O–H groups in total. The Kier molecular flexibility index (Phi) is 6.66. The molecule has 0 bridgehead atoms. The van der Waals surface area contributed by atoms with Gasteiger partial charge >= 0.3 is 0 Å². The quantitative estimate of drug-likeness (QED) is 0.243. The third-order valence-corrected chi connectivity index (χ3v) is 5.79. The molecule has 1 aliphatic rings. The summed E-state index contributed by atoms with van der Waals surface area (Å²) in [6.45, 7) is 1.58. The first-order chi connectivity index (χ1) is 14.6. The van der Waals surface area contributed by atoms with Crippen molar-refractivity contribution < 1.29 is 17.9 Å². The number of carbonyl (C=O) groups is 1. The Balaban J connectivity index is 1.82. The minimum absolute atomic E-state index is 0.0188. The number of aliphatic imine (C=N–C) groups is 2. The number of nitrogens with two attached hydrogens (primary N) is 2. The number of ether oxygens (including phenoxy) is 1. The molecule has 0 saturated carbocycles. The molecule has 0 radical (unpaired) electrons. The Hall–Kier alpha value is -3.31. The first-order valence-corrected chi connectivity index (χ1v) is 11.5. The maximum Gasteiger partial charge on any atom is 0.280 e. The maximum absolute atomic E-state index is 12.2. The lowest BCUT2D eigenvalue weighted by Gasteiger charge is -2.12. The van der Waals surface area contributed by atoms with Crippen molar-refractivity contribution in [2.75, 3.05) is 19.3 Å². The number of rotatable bonds is 7. The van der Waals surface area contributed by atoms with E-state index in [-0.39, 0.29) is 16.2 Å². The lowest BCUT2D eigenvalue weighted by atomic mass is 10.1. The summed E-state index contributed by atoms with van der Waals surface area (Å²) < 4.78 is 30.2. The molecule has 162 valence electrons. The van der Waals surface area contributed by atoms with Gasteiger partial charge in [-0.15, -0.1) is 0 Å². The molecule has 2 aromatic carbocycles. The highest BCUT2D eigenvalue weighted by Gasteiger charge is 2.19. The fraction of sp³-hybridized carbons (Fsp3) is 0.200. The Morgan fingerprint density at radius 3 is 2.45 bits per heavy atom. The Morgan fingerprint density at radius 2 is 1.87 bits per heavy atom. The number of thiocarbonyl (C=S) groups is 1. The van der Waals surface area contributed by atoms with E-state index >= 15 is 0 Å². The second-order valence-corrected chi connectivity index (χ2v) is 9.23. The zero-order valence-electron chi connectivity index (χ0n) is 16.7. The third-order valence-electron chi connectivity index (χ3n) is 4.30. The number of hydrogen-bond acceptors (Lipinski definition) is 7. The van der Waals surface area contributed by atoms with Gasteiger partial charge in [0.1, 0.15) is 22.2 Å². The molecule has 0 spiro atoms. The first kappa shape index (κ1) is 22.4.